The van der Waals surface area contributed by atoms with Crippen LogP contribution in [0.15, 0.2) is 71.9 Å². The molecular weight excluding hydrogens is 440 g/mol. The Balaban J connectivity index is 1.61. The molecule has 5 nitrogen and oxygen atoms in total. The van der Waals surface area contributed by atoms with Gasteiger partial charge < -0.3 is 5.32 Å². The molecule has 0 fully saturated rings. The first-order chi connectivity index (χ1) is 15.4. The predicted octanol–water partition coefficient (Wildman–Crippen LogP) is 6.24. The SMILES string of the molecule is Cc1cccc(-c2nnc(SCC(=O)Nc3cc(C)ccc3C)n2-c2ccc(Cl)cc2)c1. The number of rotatable bonds is 6. The highest BCUT2D eigenvalue weighted by Gasteiger charge is 2.18. The van der Waals surface area contributed by atoms with Gasteiger partial charge in [0.2, 0.25) is 5.91 Å². The topological polar surface area (TPSA) is 59.8 Å². The number of benzene rings is 3. The van der Waals surface area contributed by atoms with Crippen LogP contribution in [-0.4, -0.2) is 26.4 Å². The number of aryl methyl sites for hydroxylation is 3. The third-order valence-electron chi connectivity index (χ3n) is 4.99. The van der Waals surface area contributed by atoms with Gasteiger partial charge in [-0.1, -0.05) is 59.3 Å². The minimum absolute atomic E-state index is 0.0912. The fourth-order valence-electron chi connectivity index (χ4n) is 3.34. The molecule has 1 heterocycles. The summed E-state index contributed by atoms with van der Waals surface area (Å²) < 4.78 is 1.96. The molecule has 1 N–H and O–H groups in total. The molecule has 1 aromatic heterocycles. The average molecular weight is 463 g/mol. The Labute approximate surface area is 196 Å². The first-order valence-corrected chi connectivity index (χ1v) is 11.6. The van der Waals surface area contributed by atoms with Crippen molar-refractivity contribution in [2.24, 2.45) is 0 Å². The Kier molecular flexibility index (Phi) is 6.63. The highest BCUT2D eigenvalue weighted by molar-refractivity contribution is 7.99. The lowest BCUT2D eigenvalue weighted by Gasteiger charge is -2.12. The molecular formula is C25H23ClN4OS. The number of amides is 1. The number of halogens is 1. The van der Waals surface area contributed by atoms with E-state index >= 15 is 0 Å². The third-order valence-corrected chi connectivity index (χ3v) is 6.17. The summed E-state index contributed by atoms with van der Waals surface area (Å²) in [5.41, 5.74) is 5.93. The van der Waals surface area contributed by atoms with Gasteiger partial charge in [-0.3, -0.25) is 9.36 Å². The number of carbonyl (C=O) groups excluding carboxylic acids is 1. The molecule has 0 aliphatic rings. The highest BCUT2D eigenvalue weighted by Crippen LogP contribution is 2.29. The molecule has 4 aromatic rings. The molecule has 0 aliphatic heterocycles. The summed E-state index contributed by atoms with van der Waals surface area (Å²) in [5, 5.41) is 13.1. The second kappa shape index (κ2) is 9.59. The maximum absolute atomic E-state index is 12.7. The lowest BCUT2D eigenvalue weighted by atomic mass is 10.1. The van der Waals surface area contributed by atoms with Crippen LogP contribution in [-0.2, 0) is 4.79 Å². The molecule has 0 spiro atoms. The van der Waals surface area contributed by atoms with Crippen LogP contribution in [0.5, 0.6) is 0 Å². The lowest BCUT2D eigenvalue weighted by Crippen LogP contribution is -2.15. The zero-order chi connectivity index (χ0) is 22.7. The van der Waals surface area contributed by atoms with Crippen LogP contribution in [0.25, 0.3) is 17.1 Å². The summed E-state index contributed by atoms with van der Waals surface area (Å²) in [4.78, 5) is 12.7. The fraction of sp³-hybridized carbons (Fsp3) is 0.160. The molecule has 0 saturated heterocycles. The number of hydrogen-bond donors (Lipinski definition) is 1. The van der Waals surface area contributed by atoms with Crippen molar-refractivity contribution in [3.05, 3.63) is 88.4 Å². The molecule has 0 atom stereocenters. The van der Waals surface area contributed by atoms with Gasteiger partial charge in [-0.25, -0.2) is 0 Å². The van der Waals surface area contributed by atoms with Crippen molar-refractivity contribution in [2.45, 2.75) is 25.9 Å². The number of thioether (sulfide) groups is 1. The molecule has 32 heavy (non-hydrogen) atoms. The molecule has 0 radical (unpaired) electrons. The van der Waals surface area contributed by atoms with E-state index in [-0.39, 0.29) is 11.7 Å². The normalized spacial score (nSPS) is 10.9. The Morgan fingerprint density at radius 1 is 0.969 bits per heavy atom. The van der Waals surface area contributed by atoms with Crippen LogP contribution in [0.3, 0.4) is 0 Å². The number of anilines is 1. The van der Waals surface area contributed by atoms with Gasteiger partial charge in [0.1, 0.15) is 0 Å². The van der Waals surface area contributed by atoms with E-state index in [0.717, 1.165) is 33.6 Å². The number of carbonyl (C=O) groups is 1. The zero-order valence-electron chi connectivity index (χ0n) is 18.1. The number of nitrogens with zero attached hydrogens (tertiary/aromatic N) is 3. The van der Waals surface area contributed by atoms with Gasteiger partial charge in [0.15, 0.2) is 11.0 Å². The molecule has 4 rings (SSSR count). The van der Waals surface area contributed by atoms with Gasteiger partial charge in [-0.05, 0) is 68.3 Å². The van der Waals surface area contributed by atoms with Crippen LogP contribution in [0.2, 0.25) is 5.02 Å². The minimum atomic E-state index is -0.0912. The summed E-state index contributed by atoms with van der Waals surface area (Å²) >= 11 is 7.44. The molecule has 3 aromatic carbocycles. The van der Waals surface area contributed by atoms with E-state index in [1.165, 1.54) is 11.8 Å². The van der Waals surface area contributed by atoms with E-state index in [2.05, 4.69) is 21.6 Å². The maximum atomic E-state index is 12.7. The van der Waals surface area contributed by atoms with Gasteiger partial charge in [0, 0.05) is 22.0 Å². The Morgan fingerprint density at radius 3 is 2.47 bits per heavy atom. The molecule has 7 heteroatoms. The number of hydrogen-bond acceptors (Lipinski definition) is 4. The van der Waals surface area contributed by atoms with Gasteiger partial charge in [-0.2, -0.15) is 0 Å². The van der Waals surface area contributed by atoms with Gasteiger partial charge in [0.05, 0.1) is 5.75 Å². The van der Waals surface area contributed by atoms with Gasteiger partial charge in [0.25, 0.3) is 0 Å². The Hall–Kier alpha value is -3.09. The van der Waals surface area contributed by atoms with Crippen LogP contribution in [0, 0.1) is 20.8 Å². The van der Waals surface area contributed by atoms with E-state index in [9.17, 15) is 4.79 Å². The molecule has 1 amide bonds. The number of aromatic nitrogens is 3. The maximum Gasteiger partial charge on any atom is 0.234 e. The van der Waals surface area contributed by atoms with Crippen LogP contribution >= 0.6 is 23.4 Å². The highest BCUT2D eigenvalue weighted by atomic mass is 35.5. The van der Waals surface area contributed by atoms with Crippen molar-refractivity contribution >= 4 is 35.0 Å². The van der Waals surface area contributed by atoms with E-state index in [0.29, 0.717) is 16.0 Å². The quantitative estimate of drug-likeness (QED) is 0.344. The summed E-state index contributed by atoms with van der Waals surface area (Å²) in [7, 11) is 0. The van der Waals surface area contributed by atoms with Gasteiger partial charge in [-0.15, -0.1) is 10.2 Å². The number of nitrogens with one attached hydrogen (secondary N) is 1. The first-order valence-electron chi connectivity index (χ1n) is 10.2. The fourth-order valence-corrected chi connectivity index (χ4v) is 4.22. The van der Waals surface area contributed by atoms with E-state index < -0.39 is 0 Å². The van der Waals surface area contributed by atoms with Crippen molar-refractivity contribution < 1.29 is 4.79 Å². The largest absolute Gasteiger partial charge is 0.325 e. The van der Waals surface area contributed by atoms with Crippen LogP contribution in [0.4, 0.5) is 5.69 Å². The second-order valence-electron chi connectivity index (χ2n) is 7.64. The molecule has 162 valence electrons. The Morgan fingerprint density at radius 2 is 1.72 bits per heavy atom. The second-order valence-corrected chi connectivity index (χ2v) is 9.02. The van der Waals surface area contributed by atoms with Crippen molar-refractivity contribution in [3.63, 3.8) is 0 Å². The third kappa shape index (κ3) is 5.03. The smallest absolute Gasteiger partial charge is 0.234 e. The van der Waals surface area contributed by atoms with Crippen molar-refractivity contribution in [3.8, 4) is 17.1 Å². The molecule has 0 saturated carbocycles. The summed E-state index contributed by atoms with van der Waals surface area (Å²) in [6, 6.07) is 21.6. The average Bonchev–Trinajstić information content (AvgIpc) is 3.19. The molecule has 0 bridgehead atoms. The first kappa shape index (κ1) is 22.1. The van der Waals surface area contributed by atoms with Gasteiger partial charge >= 0.3 is 0 Å². The minimum Gasteiger partial charge on any atom is -0.325 e. The Bertz CT molecular complexity index is 1270. The summed E-state index contributed by atoms with van der Waals surface area (Å²) in [6.45, 7) is 6.03. The molecule has 0 unspecified atom stereocenters. The summed E-state index contributed by atoms with van der Waals surface area (Å²) in [6.07, 6.45) is 0. The van der Waals surface area contributed by atoms with Crippen molar-refractivity contribution in [2.75, 3.05) is 11.1 Å². The monoisotopic (exact) mass is 462 g/mol. The van der Waals surface area contributed by atoms with Crippen LogP contribution < -0.4 is 5.32 Å². The van der Waals surface area contributed by atoms with Crippen LogP contribution in [0.1, 0.15) is 16.7 Å². The zero-order valence-corrected chi connectivity index (χ0v) is 19.7. The standard InChI is InChI=1S/C25H23ClN4OS/c1-16-5-4-6-19(13-16)24-28-29-25(30(24)21-11-9-20(26)10-12-21)32-15-23(31)27-22-14-17(2)7-8-18(22)3/h4-14H,15H2,1-3H3,(H,27,31). The van der Waals surface area contributed by atoms with Crippen molar-refractivity contribution in [1.29, 1.82) is 0 Å². The van der Waals surface area contributed by atoms with Crippen molar-refractivity contribution in [1.82, 2.24) is 14.8 Å². The van der Waals surface area contributed by atoms with E-state index in [1.807, 2.05) is 86.0 Å². The molecule has 0 aliphatic carbocycles. The lowest BCUT2D eigenvalue weighted by molar-refractivity contribution is -0.113. The van der Waals surface area contributed by atoms with E-state index in [1.54, 1.807) is 0 Å². The predicted molar refractivity (Wildman–Crippen MR) is 132 cm³/mol. The van der Waals surface area contributed by atoms with E-state index in [4.69, 9.17) is 11.6 Å². The summed E-state index contributed by atoms with van der Waals surface area (Å²) in [5.74, 6) is 0.840.